The number of hydrogen-bond acceptors (Lipinski definition) is 8. The van der Waals surface area contributed by atoms with Crippen LogP contribution in [0.15, 0.2) is 36.7 Å². The number of carbonyl (C=O) groups excluding carboxylic acids is 2. The molecule has 2 aliphatic carbocycles. The summed E-state index contributed by atoms with van der Waals surface area (Å²) in [5.74, 6) is -0.0423. The molecule has 6 rings (SSSR count). The van der Waals surface area contributed by atoms with E-state index in [0.29, 0.717) is 17.1 Å². The van der Waals surface area contributed by atoms with Crippen molar-refractivity contribution in [2.75, 3.05) is 24.4 Å². The van der Waals surface area contributed by atoms with Crippen LogP contribution in [0, 0.1) is 5.92 Å². The standard InChI is InChI=1S/C26H29N7O4/c1-36-23-17(16-13-28-33(14-16)20-8-10-26(20)9-3-11-37-26)4-2-5-18(23)29-19-12-21(30-25(35)15-6-7-15)31-32-22(19)24(27)34/h2,4-5,12-15,20H,3,6-11H2,1H3,(H2,27,34)(H2,29,30,31,35)/t20-,26-/m1/s1. The van der Waals surface area contributed by atoms with Crippen molar-refractivity contribution in [3.63, 3.8) is 0 Å². The van der Waals surface area contributed by atoms with Gasteiger partial charge in [-0.05, 0) is 44.6 Å². The summed E-state index contributed by atoms with van der Waals surface area (Å²) < 4.78 is 13.9. The Kier molecular flexibility index (Phi) is 5.79. The maximum absolute atomic E-state index is 12.2. The lowest BCUT2D eigenvalue weighted by Gasteiger charge is -2.45. The highest BCUT2D eigenvalue weighted by molar-refractivity contribution is 5.99. The molecule has 2 atom stereocenters. The van der Waals surface area contributed by atoms with Crippen LogP contribution in [-0.4, -0.2) is 51.1 Å². The van der Waals surface area contributed by atoms with Crippen molar-refractivity contribution in [3.8, 4) is 16.9 Å². The SMILES string of the molecule is COc1c(Nc2cc(NC(=O)C3CC3)nnc2C(N)=O)cccc1-c1cnn([C@@H]2CC[C@]23CCCO3)c1. The van der Waals surface area contributed by atoms with Gasteiger partial charge in [0.25, 0.3) is 5.91 Å². The van der Waals surface area contributed by atoms with Crippen LogP contribution >= 0.6 is 0 Å². The summed E-state index contributed by atoms with van der Waals surface area (Å²) >= 11 is 0. The second kappa shape index (κ2) is 9.15. The summed E-state index contributed by atoms with van der Waals surface area (Å²) in [6.07, 6.45) is 9.86. The Morgan fingerprint density at radius 1 is 1.19 bits per heavy atom. The van der Waals surface area contributed by atoms with E-state index in [0.717, 1.165) is 56.3 Å². The van der Waals surface area contributed by atoms with Gasteiger partial charge < -0.3 is 25.8 Å². The van der Waals surface area contributed by atoms with E-state index >= 15 is 0 Å². The van der Waals surface area contributed by atoms with Gasteiger partial charge in [-0.3, -0.25) is 14.3 Å². The molecule has 11 heteroatoms. The van der Waals surface area contributed by atoms with Crippen molar-refractivity contribution in [2.24, 2.45) is 11.7 Å². The third kappa shape index (κ3) is 4.29. The quantitative estimate of drug-likeness (QED) is 0.424. The highest BCUT2D eigenvalue weighted by Crippen LogP contribution is 2.51. The molecule has 3 aromatic rings. The van der Waals surface area contributed by atoms with E-state index in [9.17, 15) is 9.59 Å². The normalized spacial score (nSPS) is 22.5. The lowest BCUT2D eigenvalue weighted by Crippen LogP contribution is -2.47. The lowest BCUT2D eigenvalue weighted by molar-refractivity contribution is -0.117. The first-order valence-electron chi connectivity index (χ1n) is 12.6. The fourth-order valence-corrected chi connectivity index (χ4v) is 5.33. The first-order chi connectivity index (χ1) is 18.0. The lowest BCUT2D eigenvalue weighted by atomic mass is 9.73. The highest BCUT2D eigenvalue weighted by atomic mass is 16.5. The van der Waals surface area contributed by atoms with Gasteiger partial charge in [-0.1, -0.05) is 12.1 Å². The first kappa shape index (κ1) is 23.4. The number of aromatic nitrogens is 4. The number of nitrogens with one attached hydrogen (secondary N) is 2. The number of nitrogens with zero attached hydrogens (tertiary/aromatic N) is 4. The molecular weight excluding hydrogens is 474 g/mol. The van der Waals surface area contributed by atoms with Crippen molar-refractivity contribution in [1.29, 1.82) is 0 Å². The van der Waals surface area contributed by atoms with Gasteiger partial charge in [0.1, 0.15) is 5.75 Å². The number of para-hydroxylation sites is 1. The number of benzene rings is 1. The van der Waals surface area contributed by atoms with Crippen LogP contribution in [-0.2, 0) is 9.53 Å². The van der Waals surface area contributed by atoms with E-state index in [1.807, 2.05) is 35.3 Å². The zero-order valence-corrected chi connectivity index (χ0v) is 20.6. The van der Waals surface area contributed by atoms with Crippen LogP contribution in [0.25, 0.3) is 11.1 Å². The smallest absolute Gasteiger partial charge is 0.271 e. The van der Waals surface area contributed by atoms with Gasteiger partial charge in [-0.15, -0.1) is 10.2 Å². The van der Waals surface area contributed by atoms with Crippen molar-refractivity contribution in [1.82, 2.24) is 20.0 Å². The van der Waals surface area contributed by atoms with E-state index in [4.69, 9.17) is 15.2 Å². The van der Waals surface area contributed by atoms with Gasteiger partial charge in [-0.2, -0.15) is 5.10 Å². The fraction of sp³-hybridized carbons (Fsp3) is 0.423. The van der Waals surface area contributed by atoms with Crippen LogP contribution < -0.4 is 21.1 Å². The molecule has 37 heavy (non-hydrogen) atoms. The van der Waals surface area contributed by atoms with E-state index in [2.05, 4.69) is 25.9 Å². The van der Waals surface area contributed by atoms with Crippen molar-refractivity contribution in [3.05, 3.63) is 42.4 Å². The molecular formula is C26H29N7O4. The summed E-state index contributed by atoms with van der Waals surface area (Å²) in [5.41, 5.74) is 8.08. The minimum Gasteiger partial charge on any atom is -0.494 e. The molecule has 3 heterocycles. The molecule has 4 N–H and O–H groups in total. The largest absolute Gasteiger partial charge is 0.494 e. The maximum atomic E-state index is 12.2. The highest BCUT2D eigenvalue weighted by Gasteiger charge is 2.51. The predicted molar refractivity (Wildman–Crippen MR) is 136 cm³/mol. The van der Waals surface area contributed by atoms with E-state index in [-0.39, 0.29) is 35.0 Å². The van der Waals surface area contributed by atoms with E-state index < -0.39 is 5.91 Å². The number of carbonyl (C=O) groups is 2. The molecule has 2 aromatic heterocycles. The summed E-state index contributed by atoms with van der Waals surface area (Å²) in [6, 6.07) is 7.45. The van der Waals surface area contributed by atoms with E-state index in [1.54, 1.807) is 13.2 Å². The Labute approximate surface area is 213 Å². The molecule has 0 unspecified atom stereocenters. The second-order valence-corrected chi connectivity index (χ2v) is 9.91. The molecule has 11 nitrogen and oxygen atoms in total. The number of ether oxygens (including phenoxy) is 2. The molecule has 1 spiro atoms. The first-order valence-corrected chi connectivity index (χ1v) is 12.6. The van der Waals surface area contributed by atoms with Crippen LogP contribution in [0.5, 0.6) is 5.75 Å². The summed E-state index contributed by atoms with van der Waals surface area (Å²) in [4.78, 5) is 24.2. The molecule has 1 saturated heterocycles. The monoisotopic (exact) mass is 503 g/mol. The fourth-order valence-electron chi connectivity index (χ4n) is 5.33. The Hall–Kier alpha value is -3.99. The molecule has 0 bridgehead atoms. The Balaban J connectivity index is 1.29. The van der Waals surface area contributed by atoms with Gasteiger partial charge in [0, 0.05) is 35.9 Å². The van der Waals surface area contributed by atoms with E-state index in [1.165, 1.54) is 0 Å². The summed E-state index contributed by atoms with van der Waals surface area (Å²) in [6.45, 7) is 0.815. The maximum Gasteiger partial charge on any atom is 0.271 e. The third-order valence-electron chi connectivity index (χ3n) is 7.53. The molecule has 3 fully saturated rings. The number of rotatable bonds is 8. The topological polar surface area (TPSA) is 146 Å². The second-order valence-electron chi connectivity index (χ2n) is 9.91. The number of hydrogen-bond donors (Lipinski definition) is 3. The Morgan fingerprint density at radius 2 is 2.05 bits per heavy atom. The molecule has 0 radical (unpaired) electrons. The summed E-state index contributed by atoms with van der Waals surface area (Å²) in [5, 5.41) is 18.5. The molecule has 2 amide bonds. The van der Waals surface area contributed by atoms with Gasteiger partial charge in [0.15, 0.2) is 11.5 Å². The average Bonchev–Trinajstić information content (AvgIpc) is 3.40. The minimum absolute atomic E-state index is 0.00163. The van der Waals surface area contributed by atoms with Crippen molar-refractivity contribution < 1.29 is 19.1 Å². The van der Waals surface area contributed by atoms with Crippen LogP contribution in [0.4, 0.5) is 17.2 Å². The van der Waals surface area contributed by atoms with Gasteiger partial charge in [0.2, 0.25) is 5.91 Å². The van der Waals surface area contributed by atoms with Crippen LogP contribution in [0.3, 0.4) is 0 Å². The number of amides is 2. The number of primary amides is 1. The number of nitrogens with two attached hydrogens (primary N) is 1. The van der Waals surface area contributed by atoms with Crippen molar-refractivity contribution >= 4 is 29.0 Å². The van der Waals surface area contributed by atoms with Gasteiger partial charge in [0.05, 0.1) is 36.3 Å². The van der Waals surface area contributed by atoms with Gasteiger partial charge >= 0.3 is 0 Å². The Bertz CT molecular complexity index is 1360. The molecule has 1 aromatic carbocycles. The molecule has 1 aliphatic heterocycles. The zero-order chi connectivity index (χ0) is 25.6. The predicted octanol–water partition coefficient (Wildman–Crippen LogP) is 3.42. The zero-order valence-electron chi connectivity index (χ0n) is 20.6. The van der Waals surface area contributed by atoms with Crippen molar-refractivity contribution in [2.45, 2.75) is 50.2 Å². The minimum atomic E-state index is -0.741. The molecule has 2 saturated carbocycles. The number of anilines is 3. The van der Waals surface area contributed by atoms with Crippen LogP contribution in [0.1, 0.15) is 55.1 Å². The third-order valence-corrected chi connectivity index (χ3v) is 7.53. The molecule has 3 aliphatic rings. The van der Waals surface area contributed by atoms with Crippen LogP contribution in [0.2, 0.25) is 0 Å². The molecule has 192 valence electrons. The Morgan fingerprint density at radius 3 is 2.73 bits per heavy atom. The van der Waals surface area contributed by atoms with Gasteiger partial charge in [-0.25, -0.2) is 0 Å². The average molecular weight is 504 g/mol. The summed E-state index contributed by atoms with van der Waals surface area (Å²) in [7, 11) is 1.59. The number of methoxy groups -OCH3 is 1.